The lowest BCUT2D eigenvalue weighted by Gasteiger charge is -2.18. The van der Waals surface area contributed by atoms with E-state index in [1.807, 2.05) is 11.8 Å². The fraction of sp³-hybridized carbons (Fsp3) is 1.00. The van der Waals surface area contributed by atoms with Gasteiger partial charge in [0.15, 0.2) is 6.30 Å². The van der Waals surface area contributed by atoms with Gasteiger partial charge in [0.1, 0.15) is 0 Å². The first-order valence-electron chi connectivity index (χ1n) is 4.55. The second kappa shape index (κ2) is 3.53. The van der Waals surface area contributed by atoms with Crippen molar-refractivity contribution in [3.05, 3.63) is 0 Å². The molecule has 1 heterocycles. The lowest BCUT2D eigenvalue weighted by molar-refractivity contribution is 0.0986. The number of alkyl halides is 1. The van der Waals surface area contributed by atoms with Crippen molar-refractivity contribution in [1.82, 2.24) is 4.90 Å². The van der Waals surface area contributed by atoms with Gasteiger partial charge in [0.25, 0.3) is 0 Å². The summed E-state index contributed by atoms with van der Waals surface area (Å²) in [5.74, 6) is 0.748. The fourth-order valence-electron chi connectivity index (χ4n) is 1.74. The SMILES string of the molecule is CCCN1CC(C)C(C)C1F. The Morgan fingerprint density at radius 1 is 1.45 bits per heavy atom. The summed E-state index contributed by atoms with van der Waals surface area (Å²) in [5.41, 5.74) is 0. The number of halogens is 1. The molecule has 0 amide bonds. The zero-order valence-electron chi connectivity index (χ0n) is 7.68. The highest BCUT2D eigenvalue weighted by Gasteiger charge is 2.35. The zero-order valence-corrected chi connectivity index (χ0v) is 7.68. The van der Waals surface area contributed by atoms with Gasteiger partial charge in [0, 0.05) is 19.0 Å². The van der Waals surface area contributed by atoms with Crippen molar-refractivity contribution in [3.8, 4) is 0 Å². The first-order chi connectivity index (χ1) is 5.16. The Morgan fingerprint density at radius 3 is 2.45 bits per heavy atom. The van der Waals surface area contributed by atoms with Crippen molar-refractivity contribution in [2.45, 2.75) is 33.5 Å². The van der Waals surface area contributed by atoms with Crippen molar-refractivity contribution >= 4 is 0 Å². The minimum atomic E-state index is -0.690. The third-order valence-electron chi connectivity index (χ3n) is 2.71. The van der Waals surface area contributed by atoms with E-state index in [-0.39, 0.29) is 5.92 Å². The van der Waals surface area contributed by atoms with Crippen molar-refractivity contribution in [3.63, 3.8) is 0 Å². The van der Waals surface area contributed by atoms with E-state index in [4.69, 9.17) is 0 Å². The Morgan fingerprint density at radius 2 is 2.09 bits per heavy atom. The molecule has 1 saturated heterocycles. The van der Waals surface area contributed by atoms with E-state index >= 15 is 0 Å². The smallest absolute Gasteiger partial charge is 0.156 e. The Labute approximate surface area is 68.6 Å². The number of nitrogens with zero attached hydrogens (tertiary/aromatic N) is 1. The molecular weight excluding hydrogens is 141 g/mol. The van der Waals surface area contributed by atoms with E-state index < -0.39 is 6.30 Å². The van der Waals surface area contributed by atoms with Gasteiger partial charge in [0.2, 0.25) is 0 Å². The molecule has 1 rings (SSSR count). The van der Waals surface area contributed by atoms with Gasteiger partial charge in [-0.2, -0.15) is 0 Å². The van der Waals surface area contributed by atoms with Gasteiger partial charge in [-0.3, -0.25) is 4.90 Å². The summed E-state index contributed by atoms with van der Waals surface area (Å²) in [4.78, 5) is 1.95. The molecule has 3 unspecified atom stereocenters. The molecule has 0 bridgehead atoms. The predicted octanol–water partition coefficient (Wildman–Crippen LogP) is 2.28. The Balaban J connectivity index is 2.45. The summed E-state index contributed by atoms with van der Waals surface area (Å²) < 4.78 is 13.3. The molecule has 0 aromatic carbocycles. The average molecular weight is 159 g/mol. The molecule has 0 aromatic heterocycles. The summed E-state index contributed by atoms with van der Waals surface area (Å²) in [6.45, 7) is 8.09. The van der Waals surface area contributed by atoms with Crippen LogP contribution in [0.4, 0.5) is 4.39 Å². The van der Waals surface area contributed by atoms with Gasteiger partial charge in [-0.05, 0) is 12.3 Å². The highest BCUT2D eigenvalue weighted by atomic mass is 19.1. The first-order valence-corrected chi connectivity index (χ1v) is 4.55. The Hall–Kier alpha value is -0.110. The summed E-state index contributed by atoms with van der Waals surface area (Å²) in [6, 6.07) is 0. The molecule has 1 aliphatic rings. The van der Waals surface area contributed by atoms with Crippen LogP contribution in [0.3, 0.4) is 0 Å². The molecule has 1 fully saturated rings. The standard InChI is InChI=1S/C9H18FN/c1-4-5-11-6-7(2)8(3)9(11)10/h7-9H,4-6H2,1-3H3. The summed E-state index contributed by atoms with van der Waals surface area (Å²) >= 11 is 0. The maximum Gasteiger partial charge on any atom is 0.156 e. The summed E-state index contributed by atoms with van der Waals surface area (Å²) in [6.07, 6.45) is 0.366. The normalized spacial score (nSPS) is 39.8. The molecule has 66 valence electrons. The minimum absolute atomic E-state index is 0.224. The third kappa shape index (κ3) is 1.73. The van der Waals surface area contributed by atoms with Crippen LogP contribution < -0.4 is 0 Å². The van der Waals surface area contributed by atoms with Gasteiger partial charge >= 0.3 is 0 Å². The van der Waals surface area contributed by atoms with Gasteiger partial charge in [0.05, 0.1) is 0 Å². The lowest BCUT2D eigenvalue weighted by Crippen LogP contribution is -2.28. The molecular formula is C9H18FN. The fourth-order valence-corrected chi connectivity index (χ4v) is 1.74. The highest BCUT2D eigenvalue weighted by molar-refractivity contribution is 4.82. The summed E-state index contributed by atoms with van der Waals surface area (Å²) in [7, 11) is 0. The van der Waals surface area contributed by atoms with E-state index in [0.717, 1.165) is 19.5 Å². The molecule has 11 heavy (non-hydrogen) atoms. The van der Waals surface area contributed by atoms with Crippen LogP contribution in [0, 0.1) is 11.8 Å². The van der Waals surface area contributed by atoms with Crippen LogP contribution in [0.1, 0.15) is 27.2 Å². The monoisotopic (exact) mass is 159 g/mol. The van der Waals surface area contributed by atoms with Crippen LogP contribution >= 0.6 is 0 Å². The van der Waals surface area contributed by atoms with Crippen molar-refractivity contribution in [2.75, 3.05) is 13.1 Å². The van der Waals surface area contributed by atoms with Crippen LogP contribution in [0.15, 0.2) is 0 Å². The van der Waals surface area contributed by atoms with Gasteiger partial charge in [-0.1, -0.05) is 20.8 Å². The van der Waals surface area contributed by atoms with Gasteiger partial charge < -0.3 is 0 Å². The van der Waals surface area contributed by atoms with E-state index in [1.54, 1.807) is 0 Å². The highest BCUT2D eigenvalue weighted by Crippen LogP contribution is 2.29. The molecule has 1 nitrogen and oxygen atoms in total. The molecule has 0 N–H and O–H groups in total. The number of hydrogen-bond donors (Lipinski definition) is 0. The summed E-state index contributed by atoms with van der Waals surface area (Å²) in [5, 5.41) is 0. The maximum atomic E-state index is 13.3. The molecule has 2 heteroatoms. The predicted molar refractivity (Wildman–Crippen MR) is 45.1 cm³/mol. The quantitative estimate of drug-likeness (QED) is 0.559. The minimum Gasteiger partial charge on any atom is -0.274 e. The molecule has 0 saturated carbocycles. The number of hydrogen-bond acceptors (Lipinski definition) is 1. The molecule has 1 aliphatic heterocycles. The third-order valence-corrected chi connectivity index (χ3v) is 2.71. The number of rotatable bonds is 2. The van der Waals surface area contributed by atoms with Crippen molar-refractivity contribution in [1.29, 1.82) is 0 Å². The van der Waals surface area contributed by atoms with E-state index in [2.05, 4.69) is 13.8 Å². The Kier molecular flexibility index (Phi) is 2.88. The molecule has 0 spiro atoms. The molecule has 0 aliphatic carbocycles. The van der Waals surface area contributed by atoms with Crippen LogP contribution in [-0.4, -0.2) is 24.3 Å². The van der Waals surface area contributed by atoms with E-state index in [9.17, 15) is 4.39 Å². The van der Waals surface area contributed by atoms with E-state index in [0.29, 0.717) is 5.92 Å². The van der Waals surface area contributed by atoms with Crippen molar-refractivity contribution < 1.29 is 4.39 Å². The Bertz CT molecular complexity index is 127. The number of likely N-dealkylation sites (tertiary alicyclic amines) is 1. The van der Waals surface area contributed by atoms with Gasteiger partial charge in [-0.25, -0.2) is 4.39 Å². The molecule has 0 radical (unpaired) electrons. The largest absolute Gasteiger partial charge is 0.274 e. The zero-order chi connectivity index (χ0) is 8.43. The van der Waals surface area contributed by atoms with Crippen LogP contribution in [0.25, 0.3) is 0 Å². The topological polar surface area (TPSA) is 3.24 Å². The average Bonchev–Trinajstić information content (AvgIpc) is 2.19. The first kappa shape index (κ1) is 8.98. The van der Waals surface area contributed by atoms with E-state index in [1.165, 1.54) is 0 Å². The van der Waals surface area contributed by atoms with Crippen LogP contribution in [0.5, 0.6) is 0 Å². The molecule has 3 atom stereocenters. The lowest BCUT2D eigenvalue weighted by atomic mass is 10.0. The molecule has 0 aromatic rings. The van der Waals surface area contributed by atoms with Crippen molar-refractivity contribution in [2.24, 2.45) is 11.8 Å². The second-order valence-corrected chi connectivity index (χ2v) is 3.70. The maximum absolute atomic E-state index is 13.3. The van der Waals surface area contributed by atoms with Gasteiger partial charge in [-0.15, -0.1) is 0 Å². The second-order valence-electron chi connectivity index (χ2n) is 3.70. The van der Waals surface area contributed by atoms with Crippen LogP contribution in [-0.2, 0) is 0 Å². The van der Waals surface area contributed by atoms with Crippen LogP contribution in [0.2, 0.25) is 0 Å².